The van der Waals surface area contributed by atoms with E-state index in [0.717, 1.165) is 30.0 Å². The lowest BCUT2D eigenvalue weighted by Crippen LogP contribution is -2.37. The maximum absolute atomic E-state index is 14.9. The Morgan fingerprint density at radius 1 is 1.16 bits per heavy atom. The maximum atomic E-state index is 14.9. The Morgan fingerprint density at radius 2 is 2.00 bits per heavy atom. The molecule has 2 amide bonds. The van der Waals surface area contributed by atoms with E-state index in [2.05, 4.69) is 20.4 Å². The maximum Gasteiger partial charge on any atom is 0.228 e. The highest BCUT2D eigenvalue weighted by molar-refractivity contribution is 5.98. The van der Waals surface area contributed by atoms with Crippen molar-refractivity contribution >= 4 is 23.3 Å². The summed E-state index contributed by atoms with van der Waals surface area (Å²) in [5.74, 6) is -0.470. The number of nitrogens with zero attached hydrogens (tertiary/aromatic N) is 5. The highest BCUT2D eigenvalue weighted by Crippen LogP contribution is 2.26. The summed E-state index contributed by atoms with van der Waals surface area (Å²) in [5.41, 5.74) is 2.39. The van der Waals surface area contributed by atoms with Crippen molar-refractivity contribution in [3.63, 3.8) is 0 Å². The molecule has 4 heterocycles. The molecule has 0 unspecified atom stereocenters. The molecule has 0 radical (unpaired) electrons. The topological polar surface area (TPSA) is 93.0 Å². The van der Waals surface area contributed by atoms with E-state index in [-0.39, 0.29) is 30.1 Å². The van der Waals surface area contributed by atoms with Crippen LogP contribution in [0, 0.1) is 19.7 Å². The molecular formula is C22H23FN6O2. The highest BCUT2D eigenvalue weighted by atomic mass is 19.1. The van der Waals surface area contributed by atoms with Gasteiger partial charge in [-0.3, -0.25) is 24.5 Å². The summed E-state index contributed by atoms with van der Waals surface area (Å²) in [6.07, 6.45) is 5.40. The molecule has 0 fully saturated rings. The first kappa shape index (κ1) is 20.6. The van der Waals surface area contributed by atoms with Crippen LogP contribution in [0.2, 0.25) is 0 Å². The van der Waals surface area contributed by atoms with Gasteiger partial charge in [0.05, 0.1) is 11.4 Å². The number of anilines is 2. The van der Waals surface area contributed by atoms with Crippen LogP contribution in [0.3, 0.4) is 0 Å². The first-order valence-electron chi connectivity index (χ1n) is 10.1. The van der Waals surface area contributed by atoms with Crippen molar-refractivity contribution in [1.82, 2.24) is 19.7 Å². The number of aromatic nitrogens is 4. The van der Waals surface area contributed by atoms with Gasteiger partial charge >= 0.3 is 0 Å². The van der Waals surface area contributed by atoms with Crippen molar-refractivity contribution in [1.29, 1.82) is 0 Å². The number of hydrogen-bond acceptors (Lipinski definition) is 5. The minimum absolute atomic E-state index is 0.0237. The average Bonchev–Trinajstić information content (AvgIpc) is 3.13. The van der Waals surface area contributed by atoms with E-state index in [1.165, 1.54) is 18.5 Å². The van der Waals surface area contributed by atoms with E-state index in [0.29, 0.717) is 12.1 Å². The lowest BCUT2D eigenvalue weighted by Gasteiger charge is -2.27. The monoisotopic (exact) mass is 422 g/mol. The number of pyridine rings is 2. The van der Waals surface area contributed by atoms with Gasteiger partial charge in [0.1, 0.15) is 11.5 Å². The van der Waals surface area contributed by atoms with Gasteiger partial charge < -0.3 is 5.32 Å². The van der Waals surface area contributed by atoms with E-state index in [4.69, 9.17) is 0 Å². The van der Waals surface area contributed by atoms with Crippen LogP contribution in [-0.2, 0) is 16.1 Å². The Bertz CT molecular complexity index is 1140. The highest BCUT2D eigenvalue weighted by Gasteiger charge is 2.24. The third-order valence-electron chi connectivity index (χ3n) is 5.09. The molecule has 0 aromatic carbocycles. The largest absolute Gasteiger partial charge is 0.323 e. The second-order valence-electron chi connectivity index (χ2n) is 7.59. The van der Waals surface area contributed by atoms with Crippen LogP contribution in [0.4, 0.5) is 15.9 Å². The van der Waals surface area contributed by atoms with Crippen LogP contribution in [-0.4, -0.2) is 38.1 Å². The summed E-state index contributed by atoms with van der Waals surface area (Å²) in [7, 11) is 0. The Hall–Kier alpha value is -3.62. The molecule has 0 spiro atoms. The Kier molecular flexibility index (Phi) is 5.75. The summed E-state index contributed by atoms with van der Waals surface area (Å²) >= 11 is 0. The number of carbonyl (C=O) groups excluding carboxylic acids is 2. The van der Waals surface area contributed by atoms with Crippen LogP contribution >= 0.6 is 0 Å². The van der Waals surface area contributed by atoms with Gasteiger partial charge in [-0.1, -0.05) is 0 Å². The molecule has 1 N–H and O–H groups in total. The van der Waals surface area contributed by atoms with Crippen molar-refractivity contribution < 1.29 is 14.0 Å². The third-order valence-corrected chi connectivity index (χ3v) is 5.09. The smallest absolute Gasteiger partial charge is 0.228 e. The molecule has 0 atom stereocenters. The summed E-state index contributed by atoms with van der Waals surface area (Å²) in [4.78, 5) is 34.9. The molecule has 0 saturated heterocycles. The van der Waals surface area contributed by atoms with Gasteiger partial charge in [-0.05, 0) is 38.0 Å². The molecule has 3 aromatic heterocycles. The summed E-state index contributed by atoms with van der Waals surface area (Å²) in [5, 5.41) is 6.93. The van der Waals surface area contributed by atoms with Gasteiger partial charge in [0.15, 0.2) is 5.82 Å². The van der Waals surface area contributed by atoms with E-state index in [9.17, 15) is 14.0 Å². The fourth-order valence-corrected chi connectivity index (χ4v) is 3.65. The first-order valence-corrected chi connectivity index (χ1v) is 10.1. The second kappa shape index (κ2) is 8.63. The second-order valence-corrected chi connectivity index (χ2v) is 7.59. The van der Waals surface area contributed by atoms with Crippen LogP contribution in [0.1, 0.15) is 30.5 Å². The molecule has 0 aliphatic carbocycles. The van der Waals surface area contributed by atoms with Crippen molar-refractivity contribution in [3.05, 3.63) is 53.9 Å². The standard InChI is InChI=1S/C22H23FN6O2/c1-14-10-16(13-24-12-14)22-21(23)17(6-7-25-22)26-18(30)4-5-20(31)28-8-3-9-29-19(28)11-15(2)27-29/h6-7,10-13H,3-5,8-9H2,1-2H3,(H,25,26,30). The normalized spacial score (nSPS) is 13.1. The van der Waals surface area contributed by atoms with Gasteiger partial charge in [0.25, 0.3) is 0 Å². The van der Waals surface area contributed by atoms with E-state index in [1.807, 2.05) is 24.6 Å². The molecule has 8 nitrogen and oxygen atoms in total. The van der Waals surface area contributed by atoms with Crippen LogP contribution in [0.15, 0.2) is 36.8 Å². The minimum Gasteiger partial charge on any atom is -0.323 e. The number of nitrogens with one attached hydrogen (secondary N) is 1. The SMILES string of the molecule is Cc1cncc(-c2nccc(NC(=O)CCC(=O)N3CCCn4nc(C)cc43)c2F)c1. The number of hydrogen-bond donors (Lipinski definition) is 1. The van der Waals surface area contributed by atoms with Crippen molar-refractivity contribution in [3.8, 4) is 11.3 Å². The molecule has 1 aliphatic rings. The third kappa shape index (κ3) is 4.45. The van der Waals surface area contributed by atoms with Gasteiger partial charge in [0, 0.05) is 56.2 Å². The van der Waals surface area contributed by atoms with E-state index in [1.54, 1.807) is 17.2 Å². The summed E-state index contributed by atoms with van der Waals surface area (Å²) in [6, 6.07) is 5.03. The molecule has 31 heavy (non-hydrogen) atoms. The fraction of sp³-hybridized carbons (Fsp3) is 0.318. The molecule has 3 aromatic rings. The number of amides is 2. The van der Waals surface area contributed by atoms with Gasteiger partial charge in [-0.2, -0.15) is 5.10 Å². The van der Waals surface area contributed by atoms with Gasteiger partial charge in [-0.25, -0.2) is 9.07 Å². The molecule has 0 bridgehead atoms. The average molecular weight is 422 g/mol. The molecule has 4 rings (SSSR count). The van der Waals surface area contributed by atoms with Gasteiger partial charge in [-0.15, -0.1) is 0 Å². The lowest BCUT2D eigenvalue weighted by atomic mass is 10.1. The molecule has 160 valence electrons. The minimum atomic E-state index is -0.634. The van der Waals surface area contributed by atoms with Crippen molar-refractivity contribution in [2.24, 2.45) is 0 Å². The number of fused-ring (bicyclic) bond motifs is 1. The predicted octanol–water partition coefficient (Wildman–Crippen LogP) is 3.25. The Labute approximate surface area is 179 Å². The Balaban J connectivity index is 1.41. The number of carbonyl (C=O) groups is 2. The zero-order valence-electron chi connectivity index (χ0n) is 17.4. The first-order chi connectivity index (χ1) is 14.9. The molecule has 0 saturated carbocycles. The van der Waals surface area contributed by atoms with Crippen molar-refractivity contribution in [2.45, 2.75) is 39.7 Å². The molecule has 9 heteroatoms. The van der Waals surface area contributed by atoms with E-state index >= 15 is 0 Å². The Morgan fingerprint density at radius 3 is 2.81 bits per heavy atom. The van der Waals surface area contributed by atoms with E-state index < -0.39 is 11.7 Å². The zero-order chi connectivity index (χ0) is 22.0. The van der Waals surface area contributed by atoms with Gasteiger partial charge in [0.2, 0.25) is 11.8 Å². The quantitative estimate of drug-likeness (QED) is 0.681. The number of rotatable bonds is 5. The molecular weight excluding hydrogens is 399 g/mol. The zero-order valence-corrected chi connectivity index (χ0v) is 17.4. The van der Waals surface area contributed by atoms with Crippen LogP contribution in [0.25, 0.3) is 11.3 Å². The lowest BCUT2D eigenvalue weighted by molar-refractivity contribution is -0.122. The van der Waals surface area contributed by atoms with Crippen molar-refractivity contribution in [2.75, 3.05) is 16.8 Å². The summed E-state index contributed by atoms with van der Waals surface area (Å²) < 4.78 is 16.7. The number of halogens is 1. The summed E-state index contributed by atoms with van der Waals surface area (Å²) in [6.45, 7) is 5.10. The fourth-order valence-electron chi connectivity index (χ4n) is 3.65. The number of aryl methyl sites for hydroxylation is 3. The van der Waals surface area contributed by atoms with Crippen LogP contribution < -0.4 is 10.2 Å². The molecule has 1 aliphatic heterocycles. The van der Waals surface area contributed by atoms with Crippen LogP contribution in [0.5, 0.6) is 0 Å². The predicted molar refractivity (Wildman–Crippen MR) is 114 cm³/mol.